The van der Waals surface area contributed by atoms with Crippen molar-refractivity contribution >= 4 is 15.7 Å². The van der Waals surface area contributed by atoms with Crippen LogP contribution in [0.25, 0.3) is 0 Å². The molecule has 0 amide bonds. The van der Waals surface area contributed by atoms with Crippen molar-refractivity contribution in [3.8, 4) is 0 Å². The summed E-state index contributed by atoms with van der Waals surface area (Å²) >= 11 is 0. The molecule has 110 valence electrons. The van der Waals surface area contributed by atoms with E-state index < -0.39 is 10.0 Å². The fourth-order valence-electron chi connectivity index (χ4n) is 2.30. The summed E-state index contributed by atoms with van der Waals surface area (Å²) in [6.45, 7) is 7.99. The lowest BCUT2D eigenvalue weighted by atomic mass is 10.2. The smallest absolute Gasteiger partial charge is 0.243 e. The van der Waals surface area contributed by atoms with Gasteiger partial charge in [0.2, 0.25) is 10.0 Å². The minimum absolute atomic E-state index is 0.236. The molecular formula is C13H20N4O2S. The zero-order valence-electron chi connectivity index (χ0n) is 11.6. The Bertz CT molecular complexity index is 565. The van der Waals surface area contributed by atoms with Crippen molar-refractivity contribution in [1.29, 1.82) is 0 Å². The molecule has 0 spiro atoms. The Morgan fingerprint density at radius 2 is 2.10 bits per heavy atom. The zero-order valence-corrected chi connectivity index (χ0v) is 12.4. The van der Waals surface area contributed by atoms with Crippen molar-refractivity contribution in [2.75, 3.05) is 44.7 Å². The molecule has 1 aromatic heterocycles. The maximum Gasteiger partial charge on any atom is 0.243 e. The molecule has 0 aromatic carbocycles. The van der Waals surface area contributed by atoms with Crippen LogP contribution in [0.3, 0.4) is 0 Å². The SMILES string of the molecule is C=CCN1CCN(c2ccncc2S(=O)(=O)NC)CC1. The second-order valence-corrected chi connectivity index (χ2v) is 6.48. The highest BCUT2D eigenvalue weighted by Crippen LogP contribution is 2.24. The molecule has 0 radical (unpaired) electrons. The Kier molecular flexibility index (Phi) is 4.74. The van der Waals surface area contributed by atoms with Gasteiger partial charge in [0.05, 0.1) is 5.69 Å². The number of sulfonamides is 1. The Morgan fingerprint density at radius 3 is 2.70 bits per heavy atom. The van der Waals surface area contributed by atoms with Gasteiger partial charge in [-0.2, -0.15) is 0 Å². The summed E-state index contributed by atoms with van der Waals surface area (Å²) in [5.74, 6) is 0. The van der Waals surface area contributed by atoms with Crippen molar-refractivity contribution in [2.45, 2.75) is 4.90 Å². The molecule has 1 fully saturated rings. The first-order valence-electron chi connectivity index (χ1n) is 6.54. The lowest BCUT2D eigenvalue weighted by Gasteiger charge is -2.36. The van der Waals surface area contributed by atoms with Crippen LogP contribution in [0, 0.1) is 0 Å². The van der Waals surface area contributed by atoms with E-state index in [1.807, 2.05) is 6.08 Å². The van der Waals surface area contributed by atoms with E-state index in [0.29, 0.717) is 5.69 Å². The molecule has 0 saturated carbocycles. The predicted molar refractivity (Wildman–Crippen MR) is 79.3 cm³/mol. The molecule has 6 nitrogen and oxygen atoms in total. The van der Waals surface area contributed by atoms with Crippen molar-refractivity contribution in [3.63, 3.8) is 0 Å². The number of aromatic nitrogens is 1. The lowest BCUT2D eigenvalue weighted by Crippen LogP contribution is -2.46. The van der Waals surface area contributed by atoms with Crippen LogP contribution in [0.1, 0.15) is 0 Å². The molecule has 0 unspecified atom stereocenters. The molecular weight excluding hydrogens is 276 g/mol. The first-order valence-corrected chi connectivity index (χ1v) is 8.02. The number of anilines is 1. The second-order valence-electron chi connectivity index (χ2n) is 4.63. The second kappa shape index (κ2) is 6.34. The first kappa shape index (κ1) is 15.0. The summed E-state index contributed by atoms with van der Waals surface area (Å²) in [6.07, 6.45) is 4.91. The molecule has 1 N–H and O–H groups in total. The van der Waals surface area contributed by atoms with Gasteiger partial charge in [-0.3, -0.25) is 9.88 Å². The van der Waals surface area contributed by atoms with Crippen molar-refractivity contribution in [2.24, 2.45) is 0 Å². The third kappa shape index (κ3) is 3.17. The molecule has 1 aliphatic rings. The summed E-state index contributed by atoms with van der Waals surface area (Å²) in [7, 11) is -2.08. The van der Waals surface area contributed by atoms with E-state index in [2.05, 4.69) is 26.1 Å². The lowest BCUT2D eigenvalue weighted by molar-refractivity contribution is 0.283. The van der Waals surface area contributed by atoms with Crippen LogP contribution in [-0.2, 0) is 10.0 Å². The number of hydrogen-bond donors (Lipinski definition) is 1. The van der Waals surface area contributed by atoms with E-state index >= 15 is 0 Å². The van der Waals surface area contributed by atoms with Gasteiger partial charge in [-0.1, -0.05) is 6.08 Å². The number of nitrogens with zero attached hydrogens (tertiary/aromatic N) is 3. The van der Waals surface area contributed by atoms with Gasteiger partial charge in [0.1, 0.15) is 4.90 Å². The predicted octanol–water partition coefficient (Wildman–Crippen LogP) is 0.298. The third-order valence-corrected chi connectivity index (χ3v) is 4.85. The van der Waals surface area contributed by atoms with E-state index in [1.165, 1.54) is 13.2 Å². The molecule has 2 rings (SSSR count). The molecule has 2 heterocycles. The Hall–Kier alpha value is -1.44. The van der Waals surface area contributed by atoms with Gasteiger partial charge in [0, 0.05) is 45.1 Å². The van der Waals surface area contributed by atoms with E-state index in [0.717, 1.165) is 32.7 Å². The molecule has 0 atom stereocenters. The highest BCUT2D eigenvalue weighted by Gasteiger charge is 2.23. The van der Waals surface area contributed by atoms with Crippen LogP contribution in [-0.4, -0.2) is 58.1 Å². The highest BCUT2D eigenvalue weighted by molar-refractivity contribution is 7.89. The van der Waals surface area contributed by atoms with Crippen LogP contribution >= 0.6 is 0 Å². The van der Waals surface area contributed by atoms with Crippen LogP contribution in [0.15, 0.2) is 36.0 Å². The summed E-state index contributed by atoms with van der Waals surface area (Å²) in [4.78, 5) is 8.54. The molecule has 20 heavy (non-hydrogen) atoms. The van der Waals surface area contributed by atoms with E-state index in [4.69, 9.17) is 0 Å². The Morgan fingerprint density at radius 1 is 1.40 bits per heavy atom. The monoisotopic (exact) mass is 296 g/mol. The Balaban J connectivity index is 2.21. The van der Waals surface area contributed by atoms with Crippen molar-refractivity contribution in [1.82, 2.24) is 14.6 Å². The molecule has 1 saturated heterocycles. The number of piperazine rings is 1. The molecule has 1 aliphatic heterocycles. The maximum absolute atomic E-state index is 12.0. The highest BCUT2D eigenvalue weighted by atomic mass is 32.2. The van der Waals surface area contributed by atoms with Gasteiger partial charge in [-0.25, -0.2) is 13.1 Å². The third-order valence-electron chi connectivity index (χ3n) is 3.42. The largest absolute Gasteiger partial charge is 0.368 e. The van der Waals surface area contributed by atoms with Crippen LogP contribution in [0.2, 0.25) is 0 Å². The number of pyridine rings is 1. The van der Waals surface area contributed by atoms with Gasteiger partial charge >= 0.3 is 0 Å². The van der Waals surface area contributed by atoms with Crippen LogP contribution < -0.4 is 9.62 Å². The van der Waals surface area contributed by atoms with Crippen molar-refractivity contribution < 1.29 is 8.42 Å². The summed E-state index contributed by atoms with van der Waals surface area (Å²) in [6, 6.07) is 1.76. The summed E-state index contributed by atoms with van der Waals surface area (Å²) in [5, 5.41) is 0. The number of nitrogens with one attached hydrogen (secondary N) is 1. The van der Waals surface area contributed by atoms with E-state index in [9.17, 15) is 8.42 Å². The standard InChI is InChI=1S/C13H20N4O2S/c1-3-6-16-7-9-17(10-8-16)12-4-5-15-11-13(12)20(18,19)14-2/h3-5,11,14H,1,6-10H2,2H3. The quantitative estimate of drug-likeness (QED) is 0.792. The van der Waals surface area contributed by atoms with Crippen molar-refractivity contribution in [3.05, 3.63) is 31.1 Å². The summed E-state index contributed by atoms with van der Waals surface area (Å²) < 4.78 is 26.4. The van der Waals surface area contributed by atoms with Gasteiger partial charge in [-0.05, 0) is 13.1 Å². The topological polar surface area (TPSA) is 65.5 Å². The van der Waals surface area contributed by atoms with E-state index in [-0.39, 0.29) is 4.90 Å². The molecule has 0 aliphatic carbocycles. The molecule has 0 bridgehead atoms. The summed E-state index contributed by atoms with van der Waals surface area (Å²) in [5.41, 5.74) is 0.715. The van der Waals surface area contributed by atoms with Gasteiger partial charge in [-0.15, -0.1) is 6.58 Å². The number of hydrogen-bond acceptors (Lipinski definition) is 5. The minimum Gasteiger partial charge on any atom is -0.368 e. The maximum atomic E-state index is 12.0. The molecule has 1 aromatic rings. The molecule has 7 heteroatoms. The fourth-order valence-corrected chi connectivity index (χ4v) is 3.20. The average Bonchev–Trinajstić information content (AvgIpc) is 2.48. The van der Waals surface area contributed by atoms with Gasteiger partial charge in [0.15, 0.2) is 0 Å². The number of rotatable bonds is 5. The fraction of sp³-hybridized carbons (Fsp3) is 0.462. The van der Waals surface area contributed by atoms with Gasteiger partial charge in [0.25, 0.3) is 0 Å². The Labute approximate surface area is 120 Å². The van der Waals surface area contributed by atoms with Crippen LogP contribution in [0.5, 0.6) is 0 Å². The minimum atomic E-state index is -3.49. The van der Waals surface area contributed by atoms with Crippen LogP contribution in [0.4, 0.5) is 5.69 Å². The normalized spacial score (nSPS) is 17.1. The van der Waals surface area contributed by atoms with Gasteiger partial charge < -0.3 is 4.90 Å². The zero-order chi connectivity index (χ0) is 14.6. The first-order chi connectivity index (χ1) is 9.58. The van der Waals surface area contributed by atoms with E-state index in [1.54, 1.807) is 12.3 Å². The average molecular weight is 296 g/mol.